The molecule has 0 fully saturated rings. The molecule has 3 rings (SSSR count). The van der Waals surface area contributed by atoms with Gasteiger partial charge in [-0.25, -0.2) is 0 Å². The summed E-state index contributed by atoms with van der Waals surface area (Å²) >= 11 is 7.31. The Kier molecular flexibility index (Phi) is 5.64. The molecule has 1 heterocycles. The van der Waals surface area contributed by atoms with Crippen LogP contribution in [-0.4, -0.2) is 33.1 Å². The molecule has 2 aromatic carbocycles. The van der Waals surface area contributed by atoms with Gasteiger partial charge in [-0.1, -0.05) is 41.1 Å². The second kappa shape index (κ2) is 7.93. The average molecular weight is 388 g/mol. The largest absolute Gasteiger partial charge is 0.468 e. The standard InChI is InChI=1S/C19H18ClN3O2S/c1-12-4-10-16(11-5-12)23-17(14-6-8-15(20)9-7-14)21-22-19(23)26-13(2)18(24)25-3/h4-11,13H,1-3H3/t13-/m0/s1. The number of thioether (sulfide) groups is 1. The molecule has 0 amide bonds. The summed E-state index contributed by atoms with van der Waals surface area (Å²) in [6.07, 6.45) is 0. The number of aryl methyl sites for hydroxylation is 1. The number of hydrogen-bond acceptors (Lipinski definition) is 5. The summed E-state index contributed by atoms with van der Waals surface area (Å²) in [6, 6.07) is 15.5. The zero-order valence-corrected chi connectivity index (χ0v) is 16.2. The monoisotopic (exact) mass is 387 g/mol. The zero-order valence-electron chi connectivity index (χ0n) is 14.6. The lowest BCUT2D eigenvalue weighted by Crippen LogP contribution is -2.15. The van der Waals surface area contributed by atoms with E-state index in [0.717, 1.165) is 16.8 Å². The number of methoxy groups -OCH3 is 1. The molecule has 1 aromatic heterocycles. The van der Waals surface area contributed by atoms with Crippen molar-refractivity contribution in [2.24, 2.45) is 0 Å². The van der Waals surface area contributed by atoms with E-state index in [9.17, 15) is 4.79 Å². The quantitative estimate of drug-likeness (QED) is 0.474. The lowest BCUT2D eigenvalue weighted by molar-refractivity contribution is -0.139. The minimum atomic E-state index is -0.397. The van der Waals surface area contributed by atoms with Crippen molar-refractivity contribution in [3.05, 3.63) is 59.1 Å². The van der Waals surface area contributed by atoms with Crippen molar-refractivity contribution >= 4 is 29.3 Å². The second-order valence-electron chi connectivity index (χ2n) is 5.77. The highest BCUT2D eigenvalue weighted by atomic mass is 35.5. The lowest BCUT2D eigenvalue weighted by atomic mass is 10.2. The van der Waals surface area contributed by atoms with Gasteiger partial charge in [-0.05, 0) is 50.2 Å². The van der Waals surface area contributed by atoms with Crippen molar-refractivity contribution in [3.8, 4) is 17.1 Å². The van der Waals surface area contributed by atoms with Gasteiger partial charge in [-0.3, -0.25) is 9.36 Å². The third kappa shape index (κ3) is 3.92. The SMILES string of the molecule is COC(=O)[C@H](C)Sc1nnc(-c2ccc(Cl)cc2)n1-c1ccc(C)cc1. The van der Waals surface area contributed by atoms with Crippen LogP contribution in [0.1, 0.15) is 12.5 Å². The van der Waals surface area contributed by atoms with Crippen LogP contribution in [0, 0.1) is 6.92 Å². The van der Waals surface area contributed by atoms with Gasteiger partial charge >= 0.3 is 5.97 Å². The summed E-state index contributed by atoms with van der Waals surface area (Å²) < 4.78 is 6.76. The maximum Gasteiger partial charge on any atom is 0.318 e. The van der Waals surface area contributed by atoms with Crippen molar-refractivity contribution in [3.63, 3.8) is 0 Å². The third-order valence-electron chi connectivity index (χ3n) is 3.84. The van der Waals surface area contributed by atoms with Crippen LogP contribution in [0.2, 0.25) is 5.02 Å². The van der Waals surface area contributed by atoms with E-state index in [1.165, 1.54) is 18.9 Å². The van der Waals surface area contributed by atoms with Gasteiger partial charge in [-0.2, -0.15) is 0 Å². The number of benzene rings is 2. The third-order valence-corrected chi connectivity index (χ3v) is 5.12. The molecule has 0 spiro atoms. The van der Waals surface area contributed by atoms with Crippen LogP contribution in [0.25, 0.3) is 17.1 Å². The Morgan fingerprint density at radius 3 is 2.38 bits per heavy atom. The van der Waals surface area contributed by atoms with E-state index in [4.69, 9.17) is 16.3 Å². The number of carbonyl (C=O) groups is 1. The fraction of sp³-hybridized carbons (Fsp3) is 0.211. The Labute approximate surface area is 161 Å². The van der Waals surface area contributed by atoms with E-state index in [0.29, 0.717) is 16.0 Å². The highest BCUT2D eigenvalue weighted by Crippen LogP contribution is 2.31. The van der Waals surface area contributed by atoms with Crippen LogP contribution in [-0.2, 0) is 9.53 Å². The molecule has 0 aliphatic heterocycles. The van der Waals surface area contributed by atoms with Crippen LogP contribution in [0.5, 0.6) is 0 Å². The fourth-order valence-electron chi connectivity index (χ4n) is 2.43. The summed E-state index contributed by atoms with van der Waals surface area (Å²) in [6.45, 7) is 3.82. The molecule has 1 atom stereocenters. The molecular formula is C19H18ClN3O2S. The molecule has 0 unspecified atom stereocenters. The fourth-order valence-corrected chi connectivity index (χ4v) is 3.45. The predicted molar refractivity (Wildman–Crippen MR) is 104 cm³/mol. The minimum absolute atomic E-state index is 0.304. The molecule has 26 heavy (non-hydrogen) atoms. The van der Waals surface area contributed by atoms with Crippen LogP contribution < -0.4 is 0 Å². The Bertz CT molecular complexity index is 908. The number of nitrogens with zero attached hydrogens (tertiary/aromatic N) is 3. The molecule has 7 heteroatoms. The number of esters is 1. The molecular weight excluding hydrogens is 370 g/mol. The number of rotatable bonds is 5. The molecule has 0 saturated heterocycles. The highest BCUT2D eigenvalue weighted by molar-refractivity contribution is 8.00. The Hall–Kier alpha value is -2.31. The van der Waals surface area contributed by atoms with E-state index in [1.807, 2.05) is 60.0 Å². The molecule has 0 bridgehead atoms. The summed E-state index contributed by atoms with van der Waals surface area (Å²) in [5.74, 6) is 0.381. The van der Waals surface area contributed by atoms with Gasteiger partial charge in [0.1, 0.15) is 5.25 Å². The van der Waals surface area contributed by atoms with Crippen molar-refractivity contribution in [1.82, 2.24) is 14.8 Å². The van der Waals surface area contributed by atoms with Gasteiger partial charge in [0.25, 0.3) is 0 Å². The van der Waals surface area contributed by atoms with Gasteiger partial charge in [0, 0.05) is 16.3 Å². The summed E-state index contributed by atoms with van der Waals surface area (Å²) in [5.41, 5.74) is 2.97. The normalized spacial score (nSPS) is 12.0. The zero-order chi connectivity index (χ0) is 18.7. The number of ether oxygens (including phenoxy) is 1. The van der Waals surface area contributed by atoms with Crippen LogP contribution in [0.4, 0.5) is 0 Å². The van der Waals surface area contributed by atoms with E-state index in [-0.39, 0.29) is 5.97 Å². The Morgan fingerprint density at radius 1 is 1.12 bits per heavy atom. The van der Waals surface area contributed by atoms with Crippen LogP contribution in [0.15, 0.2) is 53.7 Å². The second-order valence-corrected chi connectivity index (χ2v) is 7.51. The van der Waals surface area contributed by atoms with E-state index in [1.54, 1.807) is 6.92 Å². The predicted octanol–water partition coefficient (Wildman–Crippen LogP) is 4.55. The molecule has 0 saturated carbocycles. The molecule has 0 aliphatic rings. The van der Waals surface area contributed by atoms with Gasteiger partial charge in [0.2, 0.25) is 0 Å². The van der Waals surface area contributed by atoms with Crippen molar-refractivity contribution in [2.75, 3.05) is 7.11 Å². The maximum absolute atomic E-state index is 11.8. The number of carbonyl (C=O) groups excluding carboxylic acids is 1. The maximum atomic E-state index is 11.8. The highest BCUT2D eigenvalue weighted by Gasteiger charge is 2.22. The first-order valence-electron chi connectivity index (χ1n) is 8.02. The van der Waals surface area contributed by atoms with Crippen molar-refractivity contribution in [1.29, 1.82) is 0 Å². The van der Waals surface area contributed by atoms with Gasteiger partial charge < -0.3 is 4.74 Å². The Morgan fingerprint density at radius 2 is 1.77 bits per heavy atom. The van der Waals surface area contributed by atoms with E-state index in [2.05, 4.69) is 10.2 Å². The minimum Gasteiger partial charge on any atom is -0.468 e. The van der Waals surface area contributed by atoms with Crippen LogP contribution >= 0.6 is 23.4 Å². The molecule has 5 nitrogen and oxygen atoms in total. The number of hydrogen-bond donors (Lipinski definition) is 0. The average Bonchev–Trinajstić information content (AvgIpc) is 3.05. The lowest BCUT2D eigenvalue weighted by Gasteiger charge is -2.13. The van der Waals surface area contributed by atoms with Crippen molar-refractivity contribution < 1.29 is 9.53 Å². The Balaban J connectivity index is 2.09. The number of aromatic nitrogens is 3. The first kappa shape index (κ1) is 18.5. The topological polar surface area (TPSA) is 57.0 Å². The summed E-state index contributed by atoms with van der Waals surface area (Å²) in [7, 11) is 1.38. The summed E-state index contributed by atoms with van der Waals surface area (Å²) in [5, 5.41) is 9.54. The molecule has 134 valence electrons. The first-order chi connectivity index (χ1) is 12.5. The van der Waals surface area contributed by atoms with E-state index >= 15 is 0 Å². The molecule has 0 aliphatic carbocycles. The van der Waals surface area contributed by atoms with Gasteiger partial charge in [0.15, 0.2) is 11.0 Å². The molecule has 0 N–H and O–H groups in total. The first-order valence-corrected chi connectivity index (χ1v) is 9.28. The van der Waals surface area contributed by atoms with Gasteiger partial charge in [-0.15, -0.1) is 10.2 Å². The molecule has 3 aromatic rings. The van der Waals surface area contributed by atoms with Crippen LogP contribution in [0.3, 0.4) is 0 Å². The smallest absolute Gasteiger partial charge is 0.318 e. The summed E-state index contributed by atoms with van der Waals surface area (Å²) in [4.78, 5) is 11.8. The van der Waals surface area contributed by atoms with E-state index < -0.39 is 5.25 Å². The molecule has 0 radical (unpaired) electrons. The van der Waals surface area contributed by atoms with Crippen molar-refractivity contribution in [2.45, 2.75) is 24.3 Å². The number of halogens is 1. The van der Waals surface area contributed by atoms with Gasteiger partial charge in [0.05, 0.1) is 7.11 Å².